The van der Waals surface area contributed by atoms with Crippen LogP contribution in [-0.4, -0.2) is 54.6 Å². The van der Waals surface area contributed by atoms with E-state index in [1.54, 1.807) is 11.2 Å². The quantitative estimate of drug-likeness (QED) is 0.674. The van der Waals surface area contributed by atoms with E-state index in [4.69, 9.17) is 0 Å². The maximum atomic E-state index is 13.7. The number of nitrogens with zero attached hydrogens (tertiary/aromatic N) is 4. The van der Waals surface area contributed by atoms with Crippen LogP contribution < -0.4 is 0 Å². The molecule has 0 aliphatic heterocycles. The van der Waals surface area contributed by atoms with Gasteiger partial charge in [-0.2, -0.15) is 9.40 Å². The molecule has 28 heavy (non-hydrogen) atoms. The van der Waals surface area contributed by atoms with E-state index < -0.39 is 10.0 Å². The van der Waals surface area contributed by atoms with E-state index in [9.17, 15) is 8.42 Å². The number of sulfonamides is 1. The molecule has 0 N–H and O–H groups in total. The Morgan fingerprint density at radius 1 is 1.04 bits per heavy atom. The van der Waals surface area contributed by atoms with Crippen molar-refractivity contribution in [1.82, 2.24) is 19.0 Å². The SMILES string of the molecule is Cc1nn(C(C)(C)C)c(C)c1S(=O)(=O)N(CCCN(C)C)Cc1ccccc1. The van der Waals surface area contributed by atoms with Crippen molar-refractivity contribution < 1.29 is 8.42 Å². The highest BCUT2D eigenvalue weighted by Gasteiger charge is 2.33. The maximum absolute atomic E-state index is 13.7. The van der Waals surface area contributed by atoms with Crippen LogP contribution in [0.3, 0.4) is 0 Å². The van der Waals surface area contributed by atoms with Gasteiger partial charge in [0, 0.05) is 13.1 Å². The molecule has 2 aromatic rings. The lowest BCUT2D eigenvalue weighted by Gasteiger charge is -2.24. The van der Waals surface area contributed by atoms with Crippen molar-refractivity contribution in [3.05, 3.63) is 47.3 Å². The van der Waals surface area contributed by atoms with Crippen molar-refractivity contribution in [2.24, 2.45) is 0 Å². The molecule has 0 radical (unpaired) electrons. The summed E-state index contributed by atoms with van der Waals surface area (Å²) in [6.07, 6.45) is 0.768. The molecule has 0 aliphatic rings. The Balaban J connectivity index is 2.44. The van der Waals surface area contributed by atoms with Gasteiger partial charge in [0.15, 0.2) is 0 Å². The Morgan fingerprint density at radius 2 is 1.64 bits per heavy atom. The molecule has 0 spiro atoms. The molecule has 156 valence electrons. The summed E-state index contributed by atoms with van der Waals surface area (Å²) in [5.74, 6) is 0. The van der Waals surface area contributed by atoms with Crippen molar-refractivity contribution in [3.63, 3.8) is 0 Å². The molecule has 0 unspecified atom stereocenters. The summed E-state index contributed by atoms with van der Waals surface area (Å²) in [7, 11) is 0.329. The highest BCUT2D eigenvalue weighted by molar-refractivity contribution is 7.89. The van der Waals surface area contributed by atoms with Gasteiger partial charge in [-0.1, -0.05) is 30.3 Å². The molecule has 1 heterocycles. The number of benzene rings is 1. The lowest BCUT2D eigenvalue weighted by atomic mass is 10.1. The van der Waals surface area contributed by atoms with Gasteiger partial charge in [0.2, 0.25) is 10.0 Å². The zero-order valence-corrected chi connectivity index (χ0v) is 19.0. The zero-order chi connectivity index (χ0) is 21.1. The van der Waals surface area contributed by atoms with Crippen LogP contribution in [0.5, 0.6) is 0 Å². The maximum Gasteiger partial charge on any atom is 0.247 e. The molecule has 0 aliphatic carbocycles. The Morgan fingerprint density at radius 3 is 2.14 bits per heavy atom. The first-order valence-corrected chi connectivity index (χ1v) is 11.1. The van der Waals surface area contributed by atoms with Gasteiger partial charge in [0.05, 0.1) is 16.9 Å². The highest BCUT2D eigenvalue weighted by Crippen LogP contribution is 2.28. The number of hydrogen-bond donors (Lipinski definition) is 0. The Labute approximate surface area is 170 Å². The van der Waals surface area contributed by atoms with Gasteiger partial charge in [0.1, 0.15) is 4.90 Å². The number of aromatic nitrogens is 2. The van der Waals surface area contributed by atoms with E-state index >= 15 is 0 Å². The predicted molar refractivity (Wildman–Crippen MR) is 114 cm³/mol. The van der Waals surface area contributed by atoms with Gasteiger partial charge < -0.3 is 4.90 Å². The van der Waals surface area contributed by atoms with Crippen LogP contribution >= 0.6 is 0 Å². The largest absolute Gasteiger partial charge is 0.309 e. The second-order valence-corrected chi connectivity index (χ2v) is 10.4. The summed E-state index contributed by atoms with van der Waals surface area (Å²) in [6.45, 7) is 11.4. The lowest BCUT2D eigenvalue weighted by Crippen LogP contribution is -2.34. The number of aryl methyl sites for hydroxylation is 1. The summed E-state index contributed by atoms with van der Waals surface area (Å²) >= 11 is 0. The van der Waals surface area contributed by atoms with Crippen LogP contribution in [0.4, 0.5) is 0 Å². The molecular formula is C21H34N4O2S. The topological polar surface area (TPSA) is 58.4 Å². The first kappa shape index (κ1) is 22.6. The van der Waals surface area contributed by atoms with E-state index in [1.807, 2.05) is 76.8 Å². The van der Waals surface area contributed by atoms with Crippen molar-refractivity contribution in [2.75, 3.05) is 27.2 Å². The van der Waals surface area contributed by atoms with Crippen LogP contribution in [0.15, 0.2) is 35.2 Å². The third kappa shape index (κ3) is 5.21. The molecule has 1 aromatic heterocycles. The molecule has 0 saturated heterocycles. The molecule has 0 amide bonds. The number of rotatable bonds is 8. The van der Waals surface area contributed by atoms with Crippen LogP contribution in [0.1, 0.15) is 44.1 Å². The Kier molecular flexibility index (Phi) is 7.07. The molecular weight excluding hydrogens is 372 g/mol. The minimum absolute atomic E-state index is 0.280. The first-order valence-electron chi connectivity index (χ1n) is 9.70. The van der Waals surface area contributed by atoms with Crippen LogP contribution in [0, 0.1) is 13.8 Å². The van der Waals surface area contributed by atoms with E-state index in [0.29, 0.717) is 29.4 Å². The fourth-order valence-electron chi connectivity index (χ4n) is 3.42. The van der Waals surface area contributed by atoms with Crippen LogP contribution in [0.2, 0.25) is 0 Å². The fraction of sp³-hybridized carbons (Fsp3) is 0.571. The molecule has 6 nitrogen and oxygen atoms in total. The summed E-state index contributed by atoms with van der Waals surface area (Å²) in [5.41, 5.74) is 1.95. The fourth-order valence-corrected chi connectivity index (χ4v) is 5.24. The molecule has 0 saturated carbocycles. The van der Waals surface area contributed by atoms with Gasteiger partial charge in [0.25, 0.3) is 0 Å². The zero-order valence-electron chi connectivity index (χ0n) is 18.2. The van der Waals surface area contributed by atoms with Crippen LogP contribution in [-0.2, 0) is 22.1 Å². The normalized spacial score (nSPS) is 12.9. The summed E-state index contributed by atoms with van der Waals surface area (Å²) in [6, 6.07) is 9.75. The minimum atomic E-state index is -3.67. The van der Waals surface area contributed by atoms with Gasteiger partial charge in [-0.25, -0.2) is 8.42 Å². The number of hydrogen-bond acceptors (Lipinski definition) is 4. The van der Waals surface area contributed by atoms with Gasteiger partial charge in [-0.15, -0.1) is 0 Å². The van der Waals surface area contributed by atoms with E-state index in [0.717, 1.165) is 18.5 Å². The summed E-state index contributed by atoms with van der Waals surface area (Å²) in [4.78, 5) is 2.41. The van der Waals surface area contributed by atoms with E-state index in [-0.39, 0.29) is 5.54 Å². The van der Waals surface area contributed by atoms with Crippen molar-refractivity contribution in [3.8, 4) is 0 Å². The minimum Gasteiger partial charge on any atom is -0.309 e. The second kappa shape index (κ2) is 8.76. The third-order valence-corrected chi connectivity index (χ3v) is 6.77. The second-order valence-electron chi connectivity index (χ2n) is 8.56. The van der Waals surface area contributed by atoms with E-state index in [2.05, 4.69) is 10.00 Å². The summed E-state index contributed by atoms with van der Waals surface area (Å²) in [5, 5.41) is 4.55. The molecule has 2 rings (SSSR count). The third-order valence-electron chi connectivity index (χ3n) is 4.67. The van der Waals surface area contributed by atoms with Gasteiger partial charge >= 0.3 is 0 Å². The van der Waals surface area contributed by atoms with Crippen molar-refractivity contribution >= 4 is 10.0 Å². The summed E-state index contributed by atoms with van der Waals surface area (Å²) < 4.78 is 30.7. The van der Waals surface area contributed by atoms with Crippen molar-refractivity contribution in [2.45, 2.75) is 58.0 Å². The molecule has 0 atom stereocenters. The van der Waals surface area contributed by atoms with E-state index in [1.165, 1.54) is 0 Å². The predicted octanol–water partition coefficient (Wildman–Crippen LogP) is 3.40. The van der Waals surface area contributed by atoms with Crippen molar-refractivity contribution in [1.29, 1.82) is 0 Å². The van der Waals surface area contributed by atoms with Crippen LogP contribution in [0.25, 0.3) is 0 Å². The van der Waals surface area contributed by atoms with Gasteiger partial charge in [-0.3, -0.25) is 4.68 Å². The average molecular weight is 407 g/mol. The monoisotopic (exact) mass is 406 g/mol. The average Bonchev–Trinajstić information content (AvgIpc) is 2.90. The van der Waals surface area contributed by atoms with Gasteiger partial charge in [-0.05, 0) is 67.2 Å². The molecule has 0 fully saturated rings. The first-order chi connectivity index (χ1) is 12.9. The lowest BCUT2D eigenvalue weighted by molar-refractivity contribution is 0.342. The Bertz CT molecular complexity index is 881. The Hall–Kier alpha value is -1.70. The molecule has 1 aromatic carbocycles. The molecule has 7 heteroatoms. The highest BCUT2D eigenvalue weighted by atomic mass is 32.2. The smallest absolute Gasteiger partial charge is 0.247 e. The standard InChI is InChI=1S/C21H34N4O2S/c1-17-20(18(2)25(22-17)21(3,4)5)28(26,27)24(15-11-14-23(6)7)16-19-12-9-8-10-13-19/h8-10,12-13H,11,14-16H2,1-7H3. The molecule has 0 bridgehead atoms.